The Morgan fingerprint density at radius 1 is 1.37 bits per heavy atom. The van der Waals surface area contributed by atoms with Gasteiger partial charge in [0, 0.05) is 0 Å². The molecule has 98 valence electrons. The van der Waals surface area contributed by atoms with Crippen LogP contribution < -0.4 is 0 Å². The molecule has 3 rings (SSSR count). The Labute approximate surface area is 113 Å². The number of carbonyl (C=O) groups is 1. The maximum Gasteiger partial charge on any atom is 0.321 e. The first-order valence-electron chi connectivity index (χ1n) is 5.98. The van der Waals surface area contributed by atoms with Gasteiger partial charge < -0.3 is 5.11 Å². The van der Waals surface area contributed by atoms with Gasteiger partial charge in [-0.3, -0.25) is 4.79 Å². The third-order valence-corrected chi connectivity index (χ3v) is 4.09. The predicted molar refractivity (Wildman–Crippen MR) is 68.8 cm³/mol. The Morgan fingerprint density at radius 2 is 2.11 bits per heavy atom. The molecule has 1 saturated carbocycles. The lowest BCUT2D eigenvalue weighted by molar-refractivity contribution is -0.136. The molecule has 1 fully saturated rings. The van der Waals surface area contributed by atoms with Crippen molar-refractivity contribution in [1.82, 2.24) is 20.2 Å². The first kappa shape index (κ1) is 12.2. The molecule has 1 aliphatic rings. The molecule has 19 heavy (non-hydrogen) atoms. The maximum atomic E-state index is 11.4. The lowest BCUT2D eigenvalue weighted by atomic mass is 10.1. The fourth-order valence-corrected chi connectivity index (χ4v) is 2.79. The molecule has 0 radical (unpaired) electrons. The first-order valence-corrected chi connectivity index (χ1v) is 6.86. The molecule has 1 N–H and O–H groups in total. The van der Waals surface area contributed by atoms with Crippen LogP contribution in [0.4, 0.5) is 0 Å². The van der Waals surface area contributed by atoms with E-state index in [1.165, 1.54) is 11.8 Å². The van der Waals surface area contributed by atoms with E-state index in [0.717, 1.165) is 18.4 Å². The number of tetrazole rings is 1. The van der Waals surface area contributed by atoms with E-state index in [9.17, 15) is 9.90 Å². The number of hydrogen-bond acceptors (Lipinski definition) is 5. The largest absolute Gasteiger partial charge is 0.480 e. The molecule has 1 aromatic carbocycles. The Morgan fingerprint density at radius 3 is 2.74 bits per heavy atom. The second-order valence-corrected chi connectivity index (χ2v) is 5.46. The standard InChI is InChI=1S/C12H12N4O2S/c17-11(18)10(8-4-2-1-3-5-8)19-12-13-14-15-16(12)9-6-7-9/h1-5,9-10H,6-7H2,(H,17,18). The van der Waals surface area contributed by atoms with Gasteiger partial charge in [0.2, 0.25) is 5.16 Å². The molecule has 6 nitrogen and oxygen atoms in total. The monoisotopic (exact) mass is 276 g/mol. The van der Waals surface area contributed by atoms with Crippen LogP contribution >= 0.6 is 11.8 Å². The summed E-state index contributed by atoms with van der Waals surface area (Å²) >= 11 is 1.18. The highest BCUT2D eigenvalue weighted by Crippen LogP contribution is 2.40. The molecule has 0 aliphatic heterocycles. The van der Waals surface area contributed by atoms with Gasteiger partial charge in [0.05, 0.1) is 6.04 Å². The van der Waals surface area contributed by atoms with E-state index in [0.29, 0.717) is 11.2 Å². The van der Waals surface area contributed by atoms with Crippen molar-refractivity contribution in [2.75, 3.05) is 0 Å². The number of nitrogens with zero attached hydrogens (tertiary/aromatic N) is 4. The van der Waals surface area contributed by atoms with Crippen LogP contribution in [0.3, 0.4) is 0 Å². The third-order valence-electron chi connectivity index (χ3n) is 2.91. The highest BCUT2D eigenvalue weighted by molar-refractivity contribution is 8.00. The van der Waals surface area contributed by atoms with Crippen LogP contribution in [0.1, 0.15) is 29.7 Å². The summed E-state index contributed by atoms with van der Waals surface area (Å²) in [5.41, 5.74) is 0.741. The van der Waals surface area contributed by atoms with Crippen molar-refractivity contribution in [2.45, 2.75) is 29.3 Å². The molecule has 7 heteroatoms. The van der Waals surface area contributed by atoms with Crippen LogP contribution in [0, 0.1) is 0 Å². The first-order chi connectivity index (χ1) is 9.25. The quantitative estimate of drug-likeness (QED) is 0.840. The van der Waals surface area contributed by atoms with Gasteiger partial charge in [0.1, 0.15) is 5.25 Å². The van der Waals surface area contributed by atoms with Crippen LogP contribution in [0.25, 0.3) is 0 Å². The molecular weight excluding hydrogens is 264 g/mol. The topological polar surface area (TPSA) is 80.9 Å². The van der Waals surface area contributed by atoms with Crippen molar-refractivity contribution >= 4 is 17.7 Å². The van der Waals surface area contributed by atoms with Gasteiger partial charge in [-0.25, -0.2) is 4.68 Å². The van der Waals surface area contributed by atoms with Crippen molar-refractivity contribution in [2.24, 2.45) is 0 Å². The number of thioether (sulfide) groups is 1. The van der Waals surface area contributed by atoms with E-state index in [2.05, 4.69) is 15.5 Å². The summed E-state index contributed by atoms with van der Waals surface area (Å²) in [6, 6.07) is 9.46. The number of carboxylic acid groups (broad SMARTS) is 1. The lowest BCUT2D eigenvalue weighted by Crippen LogP contribution is -2.09. The van der Waals surface area contributed by atoms with Gasteiger partial charge >= 0.3 is 5.97 Å². The number of aromatic nitrogens is 4. The zero-order chi connectivity index (χ0) is 13.2. The fraction of sp³-hybridized carbons (Fsp3) is 0.333. The summed E-state index contributed by atoms with van der Waals surface area (Å²) in [6.45, 7) is 0. The Kier molecular flexibility index (Phi) is 3.20. The van der Waals surface area contributed by atoms with E-state index in [-0.39, 0.29) is 0 Å². The van der Waals surface area contributed by atoms with E-state index in [1.807, 2.05) is 18.2 Å². The van der Waals surface area contributed by atoms with Gasteiger partial charge in [-0.05, 0) is 28.8 Å². The van der Waals surface area contributed by atoms with Crippen molar-refractivity contribution in [3.63, 3.8) is 0 Å². The average molecular weight is 276 g/mol. The smallest absolute Gasteiger partial charge is 0.321 e. The molecule has 0 amide bonds. The van der Waals surface area contributed by atoms with E-state index in [4.69, 9.17) is 0 Å². The molecule has 1 unspecified atom stereocenters. The zero-order valence-corrected chi connectivity index (χ0v) is 10.8. The molecule has 0 spiro atoms. The summed E-state index contributed by atoms with van der Waals surface area (Å²) in [5.74, 6) is -0.887. The van der Waals surface area contributed by atoms with Crippen LogP contribution in [0.5, 0.6) is 0 Å². The molecule has 1 heterocycles. The van der Waals surface area contributed by atoms with Gasteiger partial charge in [0.15, 0.2) is 0 Å². The van der Waals surface area contributed by atoms with Crippen LogP contribution in [-0.4, -0.2) is 31.3 Å². The summed E-state index contributed by atoms with van der Waals surface area (Å²) in [5, 5.41) is 20.7. The fourth-order valence-electron chi connectivity index (χ4n) is 1.81. The zero-order valence-electron chi connectivity index (χ0n) is 10.0. The molecule has 0 saturated heterocycles. The Bertz CT molecular complexity index is 582. The predicted octanol–water partition coefficient (Wildman–Crippen LogP) is 1.93. The summed E-state index contributed by atoms with van der Waals surface area (Å²) in [6.07, 6.45) is 2.11. The molecule has 2 aromatic rings. The number of carboxylic acids is 1. The van der Waals surface area contributed by atoms with Gasteiger partial charge in [-0.2, -0.15) is 0 Å². The minimum absolute atomic E-state index is 0.336. The lowest BCUT2D eigenvalue weighted by Gasteiger charge is -2.11. The van der Waals surface area contributed by atoms with Gasteiger partial charge in [0.25, 0.3) is 0 Å². The minimum Gasteiger partial charge on any atom is -0.480 e. The average Bonchev–Trinajstić information content (AvgIpc) is 3.16. The van der Waals surface area contributed by atoms with Crippen LogP contribution in [-0.2, 0) is 4.79 Å². The Hall–Kier alpha value is -1.89. The SMILES string of the molecule is O=C(O)C(Sc1nnnn1C1CC1)c1ccccc1. The molecule has 1 atom stereocenters. The Balaban J connectivity index is 1.85. The van der Waals surface area contributed by atoms with Crippen molar-refractivity contribution < 1.29 is 9.90 Å². The van der Waals surface area contributed by atoms with E-state index >= 15 is 0 Å². The number of rotatable bonds is 5. The maximum absolute atomic E-state index is 11.4. The van der Waals surface area contributed by atoms with Crippen molar-refractivity contribution in [3.05, 3.63) is 35.9 Å². The highest BCUT2D eigenvalue weighted by Gasteiger charge is 2.31. The number of hydrogen-bond donors (Lipinski definition) is 1. The van der Waals surface area contributed by atoms with Gasteiger partial charge in [-0.1, -0.05) is 42.1 Å². The van der Waals surface area contributed by atoms with E-state index < -0.39 is 11.2 Å². The summed E-state index contributed by atoms with van der Waals surface area (Å²) < 4.78 is 1.73. The normalized spacial score (nSPS) is 16.2. The third kappa shape index (κ3) is 2.60. The molecule has 0 bridgehead atoms. The summed E-state index contributed by atoms with van der Waals surface area (Å²) in [7, 11) is 0. The van der Waals surface area contributed by atoms with E-state index in [1.54, 1.807) is 16.8 Å². The second-order valence-electron chi connectivity index (χ2n) is 4.38. The summed E-state index contributed by atoms with van der Waals surface area (Å²) in [4.78, 5) is 11.4. The van der Waals surface area contributed by atoms with Crippen LogP contribution in [0.2, 0.25) is 0 Å². The molecule has 1 aromatic heterocycles. The molecular formula is C12H12N4O2S. The number of benzene rings is 1. The van der Waals surface area contributed by atoms with Crippen molar-refractivity contribution in [1.29, 1.82) is 0 Å². The van der Waals surface area contributed by atoms with Crippen molar-refractivity contribution in [3.8, 4) is 0 Å². The van der Waals surface area contributed by atoms with Crippen LogP contribution in [0.15, 0.2) is 35.5 Å². The highest BCUT2D eigenvalue weighted by atomic mass is 32.2. The van der Waals surface area contributed by atoms with Gasteiger partial charge in [-0.15, -0.1) is 5.10 Å². The second kappa shape index (κ2) is 5.00. The minimum atomic E-state index is -0.887. The number of aliphatic carboxylic acids is 1. The molecule has 1 aliphatic carbocycles.